The minimum atomic E-state index is -1.99. The highest BCUT2D eigenvalue weighted by molar-refractivity contribution is 6.15. The Hall–Kier alpha value is -4.44. The number of rotatable bonds is 4. The van der Waals surface area contributed by atoms with Gasteiger partial charge in [-0.15, -0.1) is 0 Å². The summed E-state index contributed by atoms with van der Waals surface area (Å²) in [6, 6.07) is 25.7. The Morgan fingerprint density at radius 1 is 1.09 bits per heavy atom. The lowest BCUT2D eigenvalue weighted by atomic mass is 9.57. The van der Waals surface area contributed by atoms with Crippen LogP contribution >= 0.6 is 0 Å². The van der Waals surface area contributed by atoms with E-state index in [1.807, 2.05) is 43.3 Å². The summed E-state index contributed by atoms with van der Waals surface area (Å²) >= 11 is 0. The first kappa shape index (κ1) is 22.4. The molecular weight excluding hydrogens is 442 g/mol. The molecule has 3 aromatic carbocycles. The van der Waals surface area contributed by atoms with E-state index in [0.29, 0.717) is 28.2 Å². The van der Waals surface area contributed by atoms with Crippen molar-refractivity contribution in [3.63, 3.8) is 0 Å². The molecule has 0 radical (unpaired) electrons. The Bertz CT molecular complexity index is 1390. The highest BCUT2D eigenvalue weighted by atomic mass is 16.6. The van der Waals surface area contributed by atoms with Gasteiger partial charge in [0.05, 0.1) is 18.6 Å². The summed E-state index contributed by atoms with van der Waals surface area (Å²) < 4.78 is 11.7. The second-order valence-corrected chi connectivity index (χ2v) is 8.80. The van der Waals surface area contributed by atoms with Gasteiger partial charge in [0.2, 0.25) is 6.10 Å². The monoisotopic (exact) mass is 465 g/mol. The third-order valence-electron chi connectivity index (χ3n) is 7.15. The van der Waals surface area contributed by atoms with Gasteiger partial charge in [-0.25, -0.2) is 0 Å². The highest BCUT2D eigenvalue weighted by Crippen LogP contribution is 2.60. The molecule has 3 aromatic rings. The highest BCUT2D eigenvalue weighted by Gasteiger charge is 2.70. The lowest BCUT2D eigenvalue weighted by molar-refractivity contribution is -0.568. The number of hydrogen-bond acceptors (Lipinski definition) is 6. The van der Waals surface area contributed by atoms with E-state index in [4.69, 9.17) is 9.47 Å². The maximum Gasteiger partial charge on any atom is 0.311 e. The van der Waals surface area contributed by atoms with Gasteiger partial charge in [-0.2, -0.15) is 5.26 Å². The summed E-state index contributed by atoms with van der Waals surface area (Å²) in [5.41, 5.74) is 0.302. The third kappa shape index (κ3) is 3.14. The van der Waals surface area contributed by atoms with Crippen molar-refractivity contribution in [3.05, 3.63) is 111 Å². The van der Waals surface area contributed by atoms with Crippen LogP contribution in [0.15, 0.2) is 84.4 Å². The summed E-state index contributed by atoms with van der Waals surface area (Å²) in [7, 11) is 1.55. The van der Waals surface area contributed by atoms with Crippen LogP contribution in [-0.4, -0.2) is 23.3 Å². The molecule has 174 valence electrons. The Kier molecular flexibility index (Phi) is 5.37. The average molecular weight is 466 g/mol. The summed E-state index contributed by atoms with van der Waals surface area (Å²) in [6.07, 6.45) is -1.11. The zero-order chi connectivity index (χ0) is 24.7. The molecule has 7 nitrogen and oxygen atoms in total. The maximum atomic E-state index is 13.1. The van der Waals surface area contributed by atoms with Gasteiger partial charge in [0.25, 0.3) is 0 Å². The molecule has 0 fully saturated rings. The quantitative estimate of drug-likeness (QED) is 0.400. The predicted molar refractivity (Wildman–Crippen MR) is 131 cm³/mol. The molecule has 0 amide bonds. The summed E-state index contributed by atoms with van der Waals surface area (Å²) in [4.78, 5) is 12.7. The molecule has 0 spiro atoms. The van der Waals surface area contributed by atoms with Crippen LogP contribution in [0.25, 0.3) is 5.57 Å². The van der Waals surface area contributed by atoms with Gasteiger partial charge in [0.1, 0.15) is 23.3 Å². The van der Waals surface area contributed by atoms with Crippen LogP contribution in [0.2, 0.25) is 0 Å². The fraction of sp³-hybridized carbons (Fsp3) is 0.214. The maximum absolute atomic E-state index is 13.1. The Morgan fingerprint density at radius 3 is 2.34 bits per heavy atom. The normalized spacial score (nSPS) is 25.1. The molecule has 35 heavy (non-hydrogen) atoms. The van der Waals surface area contributed by atoms with Crippen molar-refractivity contribution in [3.8, 4) is 17.6 Å². The molecule has 1 aliphatic heterocycles. The van der Waals surface area contributed by atoms with Gasteiger partial charge in [-0.1, -0.05) is 73.7 Å². The number of hydrogen-bond donors (Lipinski definition) is 1. The molecule has 2 aliphatic rings. The lowest BCUT2D eigenvalue weighted by Gasteiger charge is -2.48. The van der Waals surface area contributed by atoms with Gasteiger partial charge in [-0.05, 0) is 23.1 Å². The van der Waals surface area contributed by atoms with Crippen LogP contribution in [0.4, 0.5) is 0 Å². The summed E-state index contributed by atoms with van der Waals surface area (Å²) in [6.45, 7) is 1.90. The van der Waals surface area contributed by atoms with Gasteiger partial charge in [0.15, 0.2) is 0 Å². The van der Waals surface area contributed by atoms with Crippen LogP contribution in [0.3, 0.4) is 0 Å². The van der Waals surface area contributed by atoms with Crippen LogP contribution in [0.1, 0.15) is 35.6 Å². The van der Waals surface area contributed by atoms with Crippen LogP contribution in [0.5, 0.6) is 11.5 Å². The molecule has 1 N–H and O–H groups in total. The number of nitrogens with one attached hydrogen (secondary N) is 1. The summed E-state index contributed by atoms with van der Waals surface area (Å²) in [5, 5.41) is 32.5. The van der Waals surface area contributed by atoms with E-state index in [1.165, 1.54) is 0 Å². The molecule has 7 heteroatoms. The van der Waals surface area contributed by atoms with Gasteiger partial charge in [0, 0.05) is 22.1 Å². The van der Waals surface area contributed by atoms with E-state index in [0.717, 1.165) is 5.56 Å². The van der Waals surface area contributed by atoms with Gasteiger partial charge < -0.3 is 9.47 Å². The van der Waals surface area contributed by atoms with Crippen LogP contribution < -0.4 is 9.47 Å². The molecule has 0 bridgehead atoms. The van der Waals surface area contributed by atoms with Crippen molar-refractivity contribution < 1.29 is 14.4 Å². The summed E-state index contributed by atoms with van der Waals surface area (Å²) in [5.74, 6) is -0.154. The zero-order valence-corrected chi connectivity index (χ0v) is 19.3. The molecule has 4 atom stereocenters. The first-order valence-corrected chi connectivity index (χ1v) is 11.3. The van der Waals surface area contributed by atoms with E-state index in [2.05, 4.69) is 6.07 Å². The van der Waals surface area contributed by atoms with E-state index in [9.17, 15) is 20.8 Å². The third-order valence-corrected chi connectivity index (χ3v) is 7.15. The molecule has 0 saturated heterocycles. The van der Waals surface area contributed by atoms with E-state index in [1.54, 1.807) is 49.6 Å². The predicted octanol–water partition coefficient (Wildman–Crippen LogP) is 5.57. The Morgan fingerprint density at radius 2 is 1.74 bits per heavy atom. The fourth-order valence-corrected chi connectivity index (χ4v) is 5.68. The largest absolute Gasteiger partial charge is 0.497 e. The second kappa shape index (κ2) is 8.41. The van der Waals surface area contributed by atoms with E-state index >= 15 is 0 Å². The van der Waals surface area contributed by atoms with Crippen molar-refractivity contribution in [2.75, 3.05) is 7.11 Å². The minimum absolute atomic E-state index is 0.0261. The van der Waals surface area contributed by atoms with Crippen molar-refractivity contribution >= 4 is 11.3 Å². The van der Waals surface area contributed by atoms with E-state index < -0.39 is 28.4 Å². The van der Waals surface area contributed by atoms with Crippen LogP contribution in [-0.2, 0) is 0 Å². The Labute approximate surface area is 202 Å². The van der Waals surface area contributed by atoms with Gasteiger partial charge >= 0.3 is 5.54 Å². The standard InChI is InChI=1S/C28H23N3O4/c1-17-24(18-9-5-3-6-10-18)22(16-29)26(30)28(31(32)33)25(17)21-14-13-20(34-2)15-23(21)35-27(28)19-11-7-4-8-12-19/h3-15,17,25,27,30H,1-2H3/t17?,25-,27+,28-/m1/s1. The first-order valence-electron chi connectivity index (χ1n) is 11.3. The number of nitrogens with zero attached hydrogens (tertiary/aromatic N) is 2. The molecule has 1 heterocycles. The number of fused-ring (bicyclic) bond motifs is 3. The van der Waals surface area contributed by atoms with Crippen molar-refractivity contribution in [2.45, 2.75) is 24.5 Å². The number of benzene rings is 3. The molecule has 1 aliphatic carbocycles. The van der Waals surface area contributed by atoms with Crippen molar-refractivity contribution in [2.24, 2.45) is 5.92 Å². The zero-order valence-electron chi connectivity index (χ0n) is 19.3. The lowest BCUT2D eigenvalue weighted by Crippen LogP contribution is -2.62. The number of nitriles is 1. The topological polar surface area (TPSA) is 109 Å². The Balaban J connectivity index is 1.87. The van der Waals surface area contributed by atoms with Gasteiger partial charge in [-0.3, -0.25) is 15.5 Å². The molecule has 0 aromatic heterocycles. The van der Waals surface area contributed by atoms with Crippen molar-refractivity contribution in [1.29, 1.82) is 10.7 Å². The molecule has 5 rings (SSSR count). The fourth-order valence-electron chi connectivity index (χ4n) is 5.68. The van der Waals surface area contributed by atoms with Crippen molar-refractivity contribution in [1.82, 2.24) is 0 Å². The number of nitro groups is 1. The average Bonchev–Trinajstić information content (AvgIpc) is 2.89. The number of ether oxygens (including phenoxy) is 2. The SMILES string of the molecule is COc1ccc2c(c1)O[C@@H](c1ccccc1)[C@]1([N+](=O)[O-])C(=N)C(C#N)=C(c3ccccc3)C(C)[C@H]21. The number of methoxy groups -OCH3 is 1. The first-order chi connectivity index (χ1) is 16.9. The number of allylic oxidation sites excluding steroid dienone is 1. The molecular formula is C28H23N3O4. The smallest absolute Gasteiger partial charge is 0.311 e. The second-order valence-electron chi connectivity index (χ2n) is 8.80. The molecule has 1 unspecified atom stereocenters. The minimum Gasteiger partial charge on any atom is -0.497 e. The van der Waals surface area contributed by atoms with Crippen LogP contribution in [0, 0.1) is 32.8 Å². The molecule has 0 saturated carbocycles. The van der Waals surface area contributed by atoms with E-state index in [-0.39, 0.29) is 11.3 Å².